The number of anilines is 1. The molecule has 0 aliphatic heterocycles. The van der Waals surface area contributed by atoms with Crippen LogP contribution >= 0.6 is 23.2 Å². The SMILES string of the molecule is C[C@H](Oc1ccccc1)C(=O)Nc1ccc(Cl)c(Cl)c1. The Kier molecular flexibility index (Phi) is 4.88. The van der Waals surface area contributed by atoms with Crippen molar-refractivity contribution in [3.8, 4) is 5.75 Å². The largest absolute Gasteiger partial charge is 0.481 e. The third kappa shape index (κ3) is 3.89. The van der Waals surface area contributed by atoms with Crippen molar-refractivity contribution in [1.29, 1.82) is 0 Å². The molecule has 0 aliphatic rings. The number of ether oxygens (including phenoxy) is 1. The van der Waals surface area contributed by atoms with E-state index in [4.69, 9.17) is 27.9 Å². The topological polar surface area (TPSA) is 38.3 Å². The van der Waals surface area contributed by atoms with Gasteiger partial charge >= 0.3 is 0 Å². The smallest absolute Gasteiger partial charge is 0.265 e. The van der Waals surface area contributed by atoms with Crippen molar-refractivity contribution in [2.24, 2.45) is 0 Å². The number of nitrogens with one attached hydrogen (secondary N) is 1. The summed E-state index contributed by atoms with van der Waals surface area (Å²) >= 11 is 11.7. The Balaban J connectivity index is 1.99. The molecule has 5 heteroatoms. The van der Waals surface area contributed by atoms with E-state index in [-0.39, 0.29) is 5.91 Å². The summed E-state index contributed by atoms with van der Waals surface area (Å²) in [5.74, 6) is 0.386. The summed E-state index contributed by atoms with van der Waals surface area (Å²) in [5.41, 5.74) is 0.577. The van der Waals surface area contributed by atoms with Crippen LogP contribution in [0.4, 0.5) is 5.69 Å². The van der Waals surface area contributed by atoms with Crippen LogP contribution < -0.4 is 10.1 Å². The predicted octanol–water partition coefficient (Wildman–Crippen LogP) is 4.40. The molecule has 0 bridgehead atoms. The Morgan fingerprint density at radius 2 is 1.80 bits per heavy atom. The van der Waals surface area contributed by atoms with Gasteiger partial charge in [0.1, 0.15) is 5.75 Å². The van der Waals surface area contributed by atoms with Crippen LogP contribution in [0.3, 0.4) is 0 Å². The minimum absolute atomic E-state index is 0.257. The standard InChI is InChI=1S/C15H13Cl2NO2/c1-10(20-12-5-3-2-4-6-12)15(19)18-11-7-8-13(16)14(17)9-11/h2-10H,1H3,(H,18,19)/t10-/m0/s1. The molecule has 20 heavy (non-hydrogen) atoms. The Labute approximate surface area is 127 Å². The molecule has 0 spiro atoms. The van der Waals surface area contributed by atoms with Gasteiger partial charge in [-0.1, -0.05) is 41.4 Å². The molecule has 0 aromatic heterocycles. The highest BCUT2D eigenvalue weighted by molar-refractivity contribution is 6.42. The summed E-state index contributed by atoms with van der Waals surface area (Å²) in [6, 6.07) is 14.1. The van der Waals surface area contributed by atoms with E-state index in [9.17, 15) is 4.79 Å². The van der Waals surface area contributed by atoms with Crippen molar-refractivity contribution in [2.75, 3.05) is 5.32 Å². The van der Waals surface area contributed by atoms with Crippen LogP contribution in [-0.4, -0.2) is 12.0 Å². The fourth-order valence-electron chi connectivity index (χ4n) is 1.57. The molecule has 0 heterocycles. The fraction of sp³-hybridized carbons (Fsp3) is 0.133. The normalized spacial score (nSPS) is 11.8. The molecule has 2 rings (SSSR count). The zero-order valence-electron chi connectivity index (χ0n) is 10.8. The first kappa shape index (κ1) is 14.7. The van der Waals surface area contributed by atoms with Crippen LogP contribution in [0.1, 0.15) is 6.92 Å². The van der Waals surface area contributed by atoms with E-state index in [0.717, 1.165) is 0 Å². The number of para-hydroxylation sites is 1. The Hall–Kier alpha value is -1.71. The van der Waals surface area contributed by atoms with Gasteiger partial charge in [-0.3, -0.25) is 4.79 Å². The molecule has 0 unspecified atom stereocenters. The highest BCUT2D eigenvalue weighted by Gasteiger charge is 2.15. The van der Waals surface area contributed by atoms with Gasteiger partial charge in [0.25, 0.3) is 5.91 Å². The van der Waals surface area contributed by atoms with Crippen LogP contribution in [0.25, 0.3) is 0 Å². The third-order valence-electron chi connectivity index (χ3n) is 2.61. The van der Waals surface area contributed by atoms with Crippen LogP contribution in [0.2, 0.25) is 10.0 Å². The van der Waals surface area contributed by atoms with Crippen LogP contribution in [0.5, 0.6) is 5.75 Å². The molecule has 0 aliphatic carbocycles. The Bertz CT molecular complexity index is 602. The van der Waals surface area contributed by atoms with Crippen molar-refractivity contribution < 1.29 is 9.53 Å². The average Bonchev–Trinajstić information content (AvgIpc) is 2.44. The number of carbonyl (C=O) groups is 1. The Morgan fingerprint density at radius 1 is 1.10 bits per heavy atom. The van der Waals surface area contributed by atoms with Gasteiger partial charge in [-0.15, -0.1) is 0 Å². The van der Waals surface area contributed by atoms with Crippen LogP contribution in [-0.2, 0) is 4.79 Å². The van der Waals surface area contributed by atoms with Crippen molar-refractivity contribution in [3.05, 3.63) is 58.6 Å². The van der Waals surface area contributed by atoms with E-state index in [1.807, 2.05) is 18.2 Å². The quantitative estimate of drug-likeness (QED) is 0.909. The number of amides is 1. The summed E-state index contributed by atoms with van der Waals surface area (Å²) in [7, 11) is 0. The molecule has 0 saturated heterocycles. The van der Waals surface area contributed by atoms with E-state index >= 15 is 0 Å². The second-order valence-electron chi connectivity index (χ2n) is 4.19. The zero-order valence-corrected chi connectivity index (χ0v) is 12.3. The number of carbonyl (C=O) groups excluding carboxylic acids is 1. The van der Waals surface area contributed by atoms with E-state index in [1.54, 1.807) is 37.3 Å². The molecule has 1 amide bonds. The Morgan fingerprint density at radius 3 is 2.45 bits per heavy atom. The zero-order chi connectivity index (χ0) is 14.5. The highest BCUT2D eigenvalue weighted by Crippen LogP contribution is 2.25. The average molecular weight is 310 g/mol. The van der Waals surface area contributed by atoms with Gasteiger partial charge in [0.2, 0.25) is 0 Å². The van der Waals surface area contributed by atoms with E-state index in [2.05, 4.69) is 5.32 Å². The minimum Gasteiger partial charge on any atom is -0.481 e. The lowest BCUT2D eigenvalue weighted by molar-refractivity contribution is -0.122. The second-order valence-corrected chi connectivity index (χ2v) is 5.01. The van der Waals surface area contributed by atoms with E-state index < -0.39 is 6.10 Å². The molecule has 2 aromatic rings. The number of hydrogen-bond acceptors (Lipinski definition) is 2. The van der Waals surface area contributed by atoms with Gasteiger partial charge in [0, 0.05) is 5.69 Å². The fourth-order valence-corrected chi connectivity index (χ4v) is 1.87. The van der Waals surface area contributed by atoms with Crippen molar-refractivity contribution in [2.45, 2.75) is 13.0 Å². The second kappa shape index (κ2) is 6.64. The summed E-state index contributed by atoms with van der Waals surface area (Å²) in [6.07, 6.45) is -0.619. The number of hydrogen-bond donors (Lipinski definition) is 1. The maximum Gasteiger partial charge on any atom is 0.265 e. The highest BCUT2D eigenvalue weighted by atomic mass is 35.5. The third-order valence-corrected chi connectivity index (χ3v) is 3.35. The van der Waals surface area contributed by atoms with Gasteiger partial charge in [-0.25, -0.2) is 0 Å². The lowest BCUT2D eigenvalue weighted by Gasteiger charge is -2.14. The predicted molar refractivity (Wildman–Crippen MR) is 81.6 cm³/mol. The van der Waals surface area contributed by atoms with Gasteiger partial charge < -0.3 is 10.1 Å². The summed E-state index contributed by atoms with van der Waals surface area (Å²) < 4.78 is 5.53. The minimum atomic E-state index is -0.619. The number of rotatable bonds is 4. The van der Waals surface area contributed by atoms with Crippen LogP contribution in [0.15, 0.2) is 48.5 Å². The van der Waals surface area contributed by atoms with E-state index in [1.165, 1.54) is 0 Å². The molecule has 3 nitrogen and oxygen atoms in total. The van der Waals surface area contributed by atoms with E-state index in [0.29, 0.717) is 21.5 Å². The lowest BCUT2D eigenvalue weighted by atomic mass is 10.3. The van der Waals surface area contributed by atoms with Gasteiger partial charge in [-0.2, -0.15) is 0 Å². The molecular weight excluding hydrogens is 297 g/mol. The first-order valence-corrected chi connectivity index (χ1v) is 6.79. The summed E-state index contributed by atoms with van der Waals surface area (Å²) in [5, 5.41) is 3.56. The molecule has 104 valence electrons. The summed E-state index contributed by atoms with van der Waals surface area (Å²) in [4.78, 5) is 12.0. The van der Waals surface area contributed by atoms with Crippen molar-refractivity contribution >= 4 is 34.8 Å². The van der Waals surface area contributed by atoms with Crippen molar-refractivity contribution in [1.82, 2.24) is 0 Å². The monoisotopic (exact) mass is 309 g/mol. The maximum absolute atomic E-state index is 12.0. The molecule has 2 aromatic carbocycles. The molecular formula is C15H13Cl2NO2. The maximum atomic E-state index is 12.0. The van der Waals surface area contributed by atoms with Gasteiger partial charge in [-0.05, 0) is 37.3 Å². The number of halogens is 2. The molecule has 0 radical (unpaired) electrons. The first-order valence-electron chi connectivity index (χ1n) is 6.04. The van der Waals surface area contributed by atoms with Gasteiger partial charge in [0.05, 0.1) is 10.0 Å². The lowest BCUT2D eigenvalue weighted by Crippen LogP contribution is -2.30. The molecule has 1 N–H and O–H groups in total. The first-order chi connectivity index (χ1) is 9.56. The summed E-state index contributed by atoms with van der Waals surface area (Å²) in [6.45, 7) is 1.68. The van der Waals surface area contributed by atoms with Crippen LogP contribution in [0, 0.1) is 0 Å². The molecule has 0 saturated carbocycles. The number of benzene rings is 2. The van der Waals surface area contributed by atoms with Crippen molar-refractivity contribution in [3.63, 3.8) is 0 Å². The molecule has 1 atom stereocenters. The molecule has 0 fully saturated rings. The van der Waals surface area contributed by atoms with Gasteiger partial charge in [0.15, 0.2) is 6.10 Å².